The van der Waals surface area contributed by atoms with E-state index in [1.165, 1.54) is 12.1 Å². The fourth-order valence-electron chi connectivity index (χ4n) is 4.20. The number of esters is 2. The highest BCUT2D eigenvalue weighted by Crippen LogP contribution is 2.22. The number of carbonyl (C=O) groups excluding carboxylic acids is 2. The predicted octanol–water partition coefficient (Wildman–Crippen LogP) is 8.64. The van der Waals surface area contributed by atoms with Crippen LogP contribution in [0.3, 0.4) is 0 Å². The van der Waals surface area contributed by atoms with Gasteiger partial charge in [-0.2, -0.15) is 8.42 Å². The molecule has 1 N–H and O–H groups in total. The second-order valence-electron chi connectivity index (χ2n) is 10.1. The van der Waals surface area contributed by atoms with E-state index in [-0.39, 0.29) is 18.8 Å². The minimum atomic E-state index is -4.75. The van der Waals surface area contributed by atoms with Crippen LogP contribution < -0.4 is 0 Å². The summed E-state index contributed by atoms with van der Waals surface area (Å²) in [6, 6.07) is 3.69. The van der Waals surface area contributed by atoms with Crippen molar-refractivity contribution >= 4 is 22.1 Å². The van der Waals surface area contributed by atoms with E-state index >= 15 is 0 Å². The Kier molecular flexibility index (Phi) is 19.8. The zero-order valence-corrected chi connectivity index (χ0v) is 25.4. The number of hydrogen-bond donors (Lipinski definition) is 1. The Morgan fingerprint density at radius 2 is 1.12 bits per heavy atom. The van der Waals surface area contributed by atoms with Crippen LogP contribution in [0.25, 0.3) is 0 Å². The van der Waals surface area contributed by atoms with E-state index in [0.29, 0.717) is 12.8 Å². The molecule has 40 heavy (non-hydrogen) atoms. The van der Waals surface area contributed by atoms with E-state index in [9.17, 15) is 22.6 Å². The summed E-state index contributed by atoms with van der Waals surface area (Å²) < 4.78 is 44.2. The van der Waals surface area contributed by atoms with E-state index in [1.807, 2.05) is 0 Å². The van der Waals surface area contributed by atoms with Crippen LogP contribution in [-0.4, -0.2) is 38.1 Å². The van der Waals surface area contributed by atoms with Crippen LogP contribution in [0.15, 0.2) is 47.4 Å². The van der Waals surface area contributed by atoms with Crippen molar-refractivity contribution < 1.29 is 32.0 Å². The topological polar surface area (TPSA) is 107 Å². The van der Waals surface area contributed by atoms with Crippen molar-refractivity contribution in [2.24, 2.45) is 0 Å². The van der Waals surface area contributed by atoms with Gasteiger partial charge < -0.3 is 9.47 Å². The van der Waals surface area contributed by atoms with Gasteiger partial charge in [-0.15, -0.1) is 0 Å². The fourth-order valence-corrected chi connectivity index (χ4v) is 4.90. The molecule has 1 rings (SSSR count). The zero-order chi connectivity index (χ0) is 29.5. The molecule has 0 heterocycles. The van der Waals surface area contributed by atoms with Crippen molar-refractivity contribution in [1.82, 2.24) is 0 Å². The molecular weight excluding hydrogens is 528 g/mol. The second-order valence-corrected chi connectivity index (χ2v) is 11.4. The summed E-state index contributed by atoms with van der Waals surface area (Å²) in [5.41, 5.74) is -0.708. The third-order valence-electron chi connectivity index (χ3n) is 6.47. The predicted molar refractivity (Wildman–Crippen MR) is 160 cm³/mol. The highest BCUT2D eigenvalue weighted by atomic mass is 32.2. The number of unbranched alkanes of at least 4 members (excludes halogenated alkanes) is 12. The summed E-state index contributed by atoms with van der Waals surface area (Å²) in [4.78, 5) is 24.9. The van der Waals surface area contributed by atoms with Gasteiger partial charge in [-0.25, -0.2) is 9.59 Å². The summed E-state index contributed by atoms with van der Waals surface area (Å²) in [5, 5.41) is 0. The Bertz CT molecular complexity index is 1010. The van der Waals surface area contributed by atoms with Crippen LogP contribution in [0.5, 0.6) is 0 Å². The Morgan fingerprint density at radius 3 is 1.62 bits per heavy atom. The van der Waals surface area contributed by atoms with Gasteiger partial charge in [0.25, 0.3) is 10.1 Å². The normalized spacial score (nSPS) is 11.9. The molecule has 0 spiro atoms. The molecule has 0 saturated carbocycles. The van der Waals surface area contributed by atoms with Crippen molar-refractivity contribution in [1.29, 1.82) is 0 Å². The molecule has 0 bridgehead atoms. The molecule has 0 unspecified atom stereocenters. The van der Waals surface area contributed by atoms with Gasteiger partial charge in [0.05, 0.1) is 24.3 Å². The lowest BCUT2D eigenvalue weighted by molar-refractivity contribution is 0.0446. The number of rotatable bonds is 23. The molecule has 0 radical (unpaired) electrons. The van der Waals surface area contributed by atoms with Gasteiger partial charge in [-0.1, -0.05) is 95.6 Å². The molecule has 226 valence electrons. The van der Waals surface area contributed by atoms with Crippen LogP contribution in [0.1, 0.15) is 137 Å². The first-order valence-corrected chi connectivity index (χ1v) is 16.5. The van der Waals surface area contributed by atoms with Crippen LogP contribution >= 0.6 is 0 Å². The SMILES string of the molecule is CCC/C=C/CCCCCCCOC(=O)c1cccc(S(=O)(=O)O)c1C(=O)OCCCCCCC/C=C/CCC. The first-order chi connectivity index (χ1) is 19.3. The average Bonchev–Trinajstić information content (AvgIpc) is 2.93. The van der Waals surface area contributed by atoms with E-state index in [2.05, 4.69) is 38.2 Å². The highest BCUT2D eigenvalue weighted by Gasteiger charge is 2.28. The van der Waals surface area contributed by atoms with Gasteiger partial charge in [-0.05, 0) is 63.5 Å². The maximum Gasteiger partial charge on any atom is 0.340 e. The molecule has 0 aliphatic heterocycles. The van der Waals surface area contributed by atoms with Crippen molar-refractivity contribution in [3.63, 3.8) is 0 Å². The van der Waals surface area contributed by atoms with Gasteiger partial charge >= 0.3 is 11.9 Å². The van der Waals surface area contributed by atoms with E-state index in [0.717, 1.165) is 96.0 Å². The lowest BCUT2D eigenvalue weighted by Gasteiger charge is -2.13. The smallest absolute Gasteiger partial charge is 0.340 e. The molecular formula is C32H50O7S. The van der Waals surface area contributed by atoms with Crippen molar-refractivity contribution in [2.75, 3.05) is 13.2 Å². The number of ether oxygens (including phenoxy) is 2. The maximum absolute atomic E-state index is 12.8. The third-order valence-corrected chi connectivity index (χ3v) is 7.36. The minimum absolute atomic E-state index is 0.0952. The molecule has 0 atom stereocenters. The molecule has 0 aliphatic carbocycles. The van der Waals surface area contributed by atoms with E-state index in [1.54, 1.807) is 0 Å². The molecule has 1 aromatic carbocycles. The average molecular weight is 579 g/mol. The lowest BCUT2D eigenvalue weighted by atomic mass is 10.1. The molecule has 8 heteroatoms. The number of hydrogen-bond acceptors (Lipinski definition) is 6. The Morgan fingerprint density at radius 1 is 0.675 bits per heavy atom. The Hall–Kier alpha value is -2.45. The van der Waals surface area contributed by atoms with Crippen molar-refractivity contribution in [2.45, 2.75) is 121 Å². The van der Waals surface area contributed by atoms with Crippen molar-refractivity contribution in [3.8, 4) is 0 Å². The van der Waals surface area contributed by atoms with Crippen molar-refractivity contribution in [3.05, 3.63) is 53.6 Å². The zero-order valence-electron chi connectivity index (χ0n) is 24.6. The number of carbonyl (C=O) groups is 2. The fraction of sp³-hybridized carbons (Fsp3) is 0.625. The van der Waals surface area contributed by atoms with Crippen LogP contribution in [0, 0.1) is 0 Å². The summed E-state index contributed by atoms with van der Waals surface area (Å²) in [7, 11) is -4.75. The summed E-state index contributed by atoms with van der Waals surface area (Å²) in [6.45, 7) is 4.57. The van der Waals surface area contributed by atoms with Gasteiger partial charge in [0.2, 0.25) is 0 Å². The van der Waals surface area contributed by atoms with E-state index in [4.69, 9.17) is 9.47 Å². The third kappa shape index (κ3) is 16.0. The minimum Gasteiger partial charge on any atom is -0.462 e. The van der Waals surface area contributed by atoms with Crippen LogP contribution in [-0.2, 0) is 19.6 Å². The monoisotopic (exact) mass is 578 g/mol. The second kappa shape index (κ2) is 22.3. The molecule has 0 aliphatic rings. The standard InChI is InChI=1S/C32H50O7S/c1-3-5-7-9-11-13-15-17-19-21-26-38-31(33)28-24-23-25-29(40(35,36)37)30(28)32(34)39-27-22-20-18-16-14-12-10-8-6-4-2/h7-10,23-25H,3-6,11-22,26-27H2,1-2H3,(H,35,36,37)/b9-7+,10-8+. The molecule has 1 aromatic rings. The Balaban J connectivity index is 2.52. The van der Waals surface area contributed by atoms with Gasteiger partial charge in [0, 0.05) is 0 Å². The largest absolute Gasteiger partial charge is 0.462 e. The molecule has 0 fully saturated rings. The van der Waals surface area contributed by atoms with Crippen LogP contribution in [0.2, 0.25) is 0 Å². The quantitative estimate of drug-likeness (QED) is 0.0599. The summed E-state index contributed by atoms with van der Waals surface area (Å²) in [5.74, 6) is -1.78. The first-order valence-electron chi connectivity index (χ1n) is 15.1. The van der Waals surface area contributed by atoms with Crippen LogP contribution in [0.4, 0.5) is 0 Å². The maximum atomic E-state index is 12.8. The number of benzene rings is 1. The summed E-state index contributed by atoms with van der Waals surface area (Å²) in [6.07, 6.45) is 25.1. The van der Waals surface area contributed by atoms with Gasteiger partial charge in [-0.3, -0.25) is 4.55 Å². The van der Waals surface area contributed by atoms with E-state index < -0.39 is 32.5 Å². The van der Waals surface area contributed by atoms with Gasteiger partial charge in [0.1, 0.15) is 4.90 Å². The molecule has 0 saturated heterocycles. The molecule has 7 nitrogen and oxygen atoms in total. The summed E-state index contributed by atoms with van der Waals surface area (Å²) >= 11 is 0. The lowest BCUT2D eigenvalue weighted by Crippen LogP contribution is -2.19. The van der Waals surface area contributed by atoms with Gasteiger partial charge in [0.15, 0.2) is 0 Å². The Labute approximate surface area is 242 Å². The first kappa shape index (κ1) is 35.6. The molecule has 0 amide bonds. The molecule has 0 aromatic heterocycles. The number of allylic oxidation sites excluding steroid dienone is 4. The highest BCUT2D eigenvalue weighted by molar-refractivity contribution is 7.86.